The van der Waals surface area contributed by atoms with Gasteiger partial charge in [-0.25, -0.2) is 0 Å². The number of carbonyl (C=O) groups excluding carboxylic acids is 1. The standard InChI is InChI=1S/C16H21N3OS/c1-19(14-6-7-15(9-14)21-2)11-16(20)18-13-5-3-4-12(8-13)10-17/h3-5,8,14-15H,6-7,9,11H2,1-2H3,(H,18,20)/t14-,15-/m0/s1. The summed E-state index contributed by atoms with van der Waals surface area (Å²) in [6.07, 6.45) is 5.72. The Balaban J connectivity index is 1.85. The molecule has 1 aromatic rings. The summed E-state index contributed by atoms with van der Waals surface area (Å²) in [7, 11) is 2.01. The van der Waals surface area contributed by atoms with Crippen LogP contribution in [0.15, 0.2) is 24.3 Å². The molecule has 0 heterocycles. The minimum Gasteiger partial charge on any atom is -0.325 e. The molecule has 5 heteroatoms. The van der Waals surface area contributed by atoms with Crippen molar-refractivity contribution in [3.63, 3.8) is 0 Å². The van der Waals surface area contributed by atoms with Gasteiger partial charge < -0.3 is 5.32 Å². The molecule has 0 unspecified atom stereocenters. The quantitative estimate of drug-likeness (QED) is 0.908. The molecule has 0 spiro atoms. The number of hydrogen-bond donors (Lipinski definition) is 1. The Morgan fingerprint density at radius 1 is 1.52 bits per heavy atom. The molecule has 1 amide bonds. The number of nitrogens with zero attached hydrogens (tertiary/aromatic N) is 2. The Morgan fingerprint density at radius 2 is 2.33 bits per heavy atom. The molecule has 1 N–H and O–H groups in total. The van der Waals surface area contributed by atoms with E-state index in [2.05, 4.69) is 22.5 Å². The molecule has 1 aliphatic rings. The lowest BCUT2D eigenvalue weighted by molar-refractivity contribution is -0.117. The molecular formula is C16H21N3OS. The minimum atomic E-state index is -0.0276. The number of nitrogens with one attached hydrogen (secondary N) is 1. The molecule has 2 atom stereocenters. The summed E-state index contributed by atoms with van der Waals surface area (Å²) < 4.78 is 0. The number of thioether (sulfide) groups is 1. The zero-order valence-corrected chi connectivity index (χ0v) is 13.3. The predicted octanol–water partition coefficient (Wildman–Crippen LogP) is 2.71. The van der Waals surface area contributed by atoms with Gasteiger partial charge in [0.05, 0.1) is 18.2 Å². The molecule has 21 heavy (non-hydrogen) atoms. The van der Waals surface area contributed by atoms with E-state index in [4.69, 9.17) is 5.26 Å². The zero-order valence-electron chi connectivity index (χ0n) is 12.5. The molecule has 1 aromatic carbocycles. The maximum atomic E-state index is 12.1. The fourth-order valence-electron chi connectivity index (χ4n) is 2.75. The summed E-state index contributed by atoms with van der Waals surface area (Å²) in [5.41, 5.74) is 1.24. The number of benzene rings is 1. The van der Waals surface area contributed by atoms with E-state index in [0.717, 1.165) is 11.7 Å². The third-order valence-electron chi connectivity index (χ3n) is 3.98. The number of carbonyl (C=O) groups is 1. The first-order valence-corrected chi connectivity index (χ1v) is 8.44. The summed E-state index contributed by atoms with van der Waals surface area (Å²) in [6.45, 7) is 0.391. The van der Waals surface area contributed by atoms with E-state index < -0.39 is 0 Å². The van der Waals surface area contributed by atoms with Crippen molar-refractivity contribution in [1.29, 1.82) is 5.26 Å². The van der Waals surface area contributed by atoms with Gasteiger partial charge in [-0.3, -0.25) is 9.69 Å². The first-order valence-electron chi connectivity index (χ1n) is 7.15. The van der Waals surface area contributed by atoms with Gasteiger partial charge in [0, 0.05) is 17.0 Å². The van der Waals surface area contributed by atoms with Crippen LogP contribution in [0.3, 0.4) is 0 Å². The first kappa shape index (κ1) is 15.9. The van der Waals surface area contributed by atoms with E-state index in [-0.39, 0.29) is 5.91 Å². The fourth-order valence-corrected chi connectivity index (χ4v) is 3.54. The van der Waals surface area contributed by atoms with Crippen LogP contribution in [-0.4, -0.2) is 41.9 Å². The smallest absolute Gasteiger partial charge is 0.238 e. The van der Waals surface area contributed by atoms with E-state index in [1.807, 2.05) is 18.8 Å². The van der Waals surface area contributed by atoms with Gasteiger partial charge in [-0.1, -0.05) is 6.07 Å². The molecule has 2 rings (SSSR count). The van der Waals surface area contributed by atoms with Crippen LogP contribution in [0.5, 0.6) is 0 Å². The third-order valence-corrected chi connectivity index (χ3v) is 5.08. The van der Waals surface area contributed by atoms with Gasteiger partial charge in [0.2, 0.25) is 5.91 Å². The van der Waals surface area contributed by atoms with Crippen LogP contribution in [0.2, 0.25) is 0 Å². The molecule has 112 valence electrons. The monoisotopic (exact) mass is 303 g/mol. The fraction of sp³-hybridized carbons (Fsp3) is 0.500. The molecule has 0 bridgehead atoms. The van der Waals surface area contributed by atoms with E-state index in [9.17, 15) is 4.79 Å². The first-order chi connectivity index (χ1) is 10.1. The third kappa shape index (κ3) is 4.48. The summed E-state index contributed by atoms with van der Waals surface area (Å²) in [4.78, 5) is 14.2. The van der Waals surface area contributed by atoms with Crippen molar-refractivity contribution >= 4 is 23.4 Å². The highest BCUT2D eigenvalue weighted by Crippen LogP contribution is 2.30. The summed E-state index contributed by atoms with van der Waals surface area (Å²) in [6, 6.07) is 9.57. The highest BCUT2D eigenvalue weighted by molar-refractivity contribution is 7.99. The van der Waals surface area contributed by atoms with Crippen LogP contribution in [0.25, 0.3) is 0 Å². The highest BCUT2D eigenvalue weighted by Gasteiger charge is 2.27. The van der Waals surface area contributed by atoms with Crippen molar-refractivity contribution in [2.24, 2.45) is 0 Å². The van der Waals surface area contributed by atoms with Crippen LogP contribution in [0, 0.1) is 11.3 Å². The van der Waals surface area contributed by atoms with Crippen LogP contribution in [-0.2, 0) is 4.79 Å². The summed E-state index contributed by atoms with van der Waals surface area (Å²) >= 11 is 1.92. The van der Waals surface area contributed by atoms with E-state index in [1.165, 1.54) is 12.8 Å². The van der Waals surface area contributed by atoms with E-state index >= 15 is 0 Å². The number of nitriles is 1. The lowest BCUT2D eigenvalue weighted by Gasteiger charge is -2.23. The number of likely N-dealkylation sites (N-methyl/N-ethyl adjacent to an activating group) is 1. The normalized spacial score (nSPS) is 21.2. The van der Waals surface area contributed by atoms with Gasteiger partial charge in [0.1, 0.15) is 0 Å². The van der Waals surface area contributed by atoms with Crippen molar-refractivity contribution in [1.82, 2.24) is 4.90 Å². The molecule has 4 nitrogen and oxygen atoms in total. The van der Waals surface area contributed by atoms with Crippen molar-refractivity contribution in [2.75, 3.05) is 25.2 Å². The van der Waals surface area contributed by atoms with Crippen LogP contribution < -0.4 is 5.32 Å². The van der Waals surface area contributed by atoms with Crippen molar-refractivity contribution in [2.45, 2.75) is 30.6 Å². The Labute approximate surface area is 130 Å². The second-order valence-corrected chi connectivity index (χ2v) is 6.62. The lowest BCUT2D eigenvalue weighted by atomic mass is 10.2. The predicted molar refractivity (Wildman–Crippen MR) is 87.4 cm³/mol. The van der Waals surface area contributed by atoms with Crippen molar-refractivity contribution in [3.05, 3.63) is 29.8 Å². The van der Waals surface area contributed by atoms with Gasteiger partial charge in [-0.2, -0.15) is 17.0 Å². The second kappa shape index (κ2) is 7.48. The van der Waals surface area contributed by atoms with Gasteiger partial charge in [0.15, 0.2) is 0 Å². The second-order valence-electron chi connectivity index (χ2n) is 5.48. The van der Waals surface area contributed by atoms with Gasteiger partial charge in [-0.15, -0.1) is 0 Å². The largest absolute Gasteiger partial charge is 0.325 e. The summed E-state index contributed by atoms with van der Waals surface area (Å²) in [5, 5.41) is 12.4. The van der Waals surface area contributed by atoms with Crippen LogP contribution in [0.1, 0.15) is 24.8 Å². The Morgan fingerprint density at radius 3 is 3.00 bits per heavy atom. The Kier molecular flexibility index (Phi) is 5.66. The molecule has 0 saturated heterocycles. The Bertz CT molecular complexity index is 541. The van der Waals surface area contributed by atoms with Crippen molar-refractivity contribution in [3.8, 4) is 6.07 Å². The average molecular weight is 303 g/mol. The molecule has 0 radical (unpaired) electrons. The van der Waals surface area contributed by atoms with Crippen LogP contribution in [0.4, 0.5) is 5.69 Å². The molecule has 1 saturated carbocycles. The average Bonchev–Trinajstić information content (AvgIpc) is 2.96. The minimum absolute atomic E-state index is 0.0276. The van der Waals surface area contributed by atoms with Crippen LogP contribution >= 0.6 is 11.8 Å². The number of amides is 1. The van der Waals surface area contributed by atoms with Crippen molar-refractivity contribution < 1.29 is 4.79 Å². The summed E-state index contributed by atoms with van der Waals surface area (Å²) in [5.74, 6) is -0.0276. The SMILES string of the molecule is CS[C@H]1CC[C@H](N(C)CC(=O)Nc2cccc(C#N)c2)C1. The van der Waals surface area contributed by atoms with Gasteiger partial charge in [0.25, 0.3) is 0 Å². The molecular weight excluding hydrogens is 282 g/mol. The van der Waals surface area contributed by atoms with Gasteiger partial charge in [-0.05, 0) is 50.8 Å². The van der Waals surface area contributed by atoms with E-state index in [0.29, 0.717) is 23.8 Å². The van der Waals surface area contributed by atoms with Gasteiger partial charge >= 0.3 is 0 Å². The highest BCUT2D eigenvalue weighted by atomic mass is 32.2. The maximum Gasteiger partial charge on any atom is 0.238 e. The maximum absolute atomic E-state index is 12.1. The van der Waals surface area contributed by atoms with E-state index in [1.54, 1.807) is 24.3 Å². The Hall–Kier alpha value is -1.51. The molecule has 0 aliphatic heterocycles. The molecule has 1 fully saturated rings. The number of hydrogen-bond acceptors (Lipinski definition) is 4. The molecule has 1 aliphatic carbocycles. The number of rotatable bonds is 5. The lowest BCUT2D eigenvalue weighted by Crippen LogP contribution is -2.36. The topological polar surface area (TPSA) is 56.1 Å². The number of anilines is 1. The molecule has 0 aromatic heterocycles. The zero-order chi connectivity index (χ0) is 15.2.